The van der Waals surface area contributed by atoms with Crippen molar-refractivity contribution in [1.82, 2.24) is 4.98 Å². The highest BCUT2D eigenvalue weighted by molar-refractivity contribution is 6.30. The van der Waals surface area contributed by atoms with Crippen LogP contribution in [0.5, 0.6) is 0 Å². The van der Waals surface area contributed by atoms with Crippen molar-refractivity contribution in [2.75, 3.05) is 0 Å². The van der Waals surface area contributed by atoms with E-state index in [0.29, 0.717) is 5.56 Å². The molecule has 0 aliphatic rings. The van der Waals surface area contributed by atoms with E-state index in [9.17, 15) is 4.39 Å². The number of nitrogens with zero attached hydrogens (tertiary/aromatic N) is 1. The van der Waals surface area contributed by atoms with E-state index in [-0.39, 0.29) is 11.1 Å². The molecule has 2 aromatic rings. The van der Waals surface area contributed by atoms with Crippen molar-refractivity contribution in [3.63, 3.8) is 0 Å². The zero-order chi connectivity index (χ0) is 11.5. The summed E-state index contributed by atoms with van der Waals surface area (Å²) in [6.45, 7) is 0. The Morgan fingerprint density at radius 2 is 2.06 bits per heavy atom. The van der Waals surface area contributed by atoms with Crippen molar-refractivity contribution in [3.05, 3.63) is 64.7 Å². The second-order valence-corrected chi connectivity index (χ2v) is 3.84. The molecule has 1 aromatic carbocycles. The third-order valence-electron chi connectivity index (χ3n) is 2.35. The summed E-state index contributed by atoms with van der Waals surface area (Å²) < 4.78 is 13.3. The normalized spacial score (nSPS) is 12.4. The molecule has 1 aromatic heterocycles. The predicted octanol–water partition coefficient (Wildman–Crippen LogP) is 2.92. The van der Waals surface area contributed by atoms with E-state index >= 15 is 0 Å². The van der Waals surface area contributed by atoms with Crippen LogP contribution < -0.4 is 5.73 Å². The third-order valence-corrected chi connectivity index (χ3v) is 2.65. The summed E-state index contributed by atoms with van der Waals surface area (Å²) in [5.74, 6) is -0.460. The first-order valence-electron chi connectivity index (χ1n) is 4.79. The van der Waals surface area contributed by atoms with Crippen LogP contribution in [-0.2, 0) is 0 Å². The maximum absolute atomic E-state index is 13.3. The lowest BCUT2D eigenvalue weighted by atomic mass is 10.0. The summed E-state index contributed by atoms with van der Waals surface area (Å²) >= 11 is 5.60. The molecule has 2 nitrogen and oxygen atoms in total. The fourth-order valence-corrected chi connectivity index (χ4v) is 1.58. The van der Waals surface area contributed by atoms with Crippen LogP contribution in [0.4, 0.5) is 4.39 Å². The number of pyridine rings is 1. The Kier molecular flexibility index (Phi) is 3.17. The second kappa shape index (κ2) is 4.60. The van der Waals surface area contributed by atoms with Crippen molar-refractivity contribution >= 4 is 11.6 Å². The van der Waals surface area contributed by atoms with Crippen LogP contribution in [0.2, 0.25) is 5.02 Å². The van der Waals surface area contributed by atoms with Crippen LogP contribution in [-0.4, -0.2) is 4.98 Å². The smallest absolute Gasteiger partial charge is 0.142 e. The van der Waals surface area contributed by atoms with E-state index in [1.165, 1.54) is 12.1 Å². The zero-order valence-corrected chi connectivity index (χ0v) is 9.16. The van der Waals surface area contributed by atoms with Crippen molar-refractivity contribution in [2.24, 2.45) is 5.73 Å². The van der Waals surface area contributed by atoms with Gasteiger partial charge >= 0.3 is 0 Å². The fourth-order valence-electron chi connectivity index (χ4n) is 1.46. The van der Waals surface area contributed by atoms with Crippen molar-refractivity contribution in [1.29, 1.82) is 0 Å². The quantitative estimate of drug-likeness (QED) is 0.871. The van der Waals surface area contributed by atoms with Crippen molar-refractivity contribution in [2.45, 2.75) is 6.04 Å². The van der Waals surface area contributed by atoms with Gasteiger partial charge in [-0.15, -0.1) is 0 Å². The number of nitrogens with two attached hydrogens (primary N) is 1. The predicted molar refractivity (Wildman–Crippen MR) is 61.7 cm³/mol. The van der Waals surface area contributed by atoms with Gasteiger partial charge in [-0.1, -0.05) is 23.7 Å². The molecule has 2 N–H and O–H groups in total. The number of hydrogen-bond donors (Lipinski definition) is 1. The van der Waals surface area contributed by atoms with Crippen LogP contribution in [0.25, 0.3) is 0 Å². The van der Waals surface area contributed by atoms with Gasteiger partial charge in [0, 0.05) is 12.4 Å². The summed E-state index contributed by atoms with van der Waals surface area (Å²) in [4.78, 5) is 3.97. The molecule has 0 bridgehead atoms. The van der Waals surface area contributed by atoms with Gasteiger partial charge in [-0.25, -0.2) is 4.39 Å². The van der Waals surface area contributed by atoms with Gasteiger partial charge in [-0.3, -0.25) is 4.98 Å². The van der Waals surface area contributed by atoms with Gasteiger partial charge in [0.25, 0.3) is 0 Å². The Balaban J connectivity index is 2.34. The molecule has 1 heterocycles. The number of benzene rings is 1. The highest BCUT2D eigenvalue weighted by atomic mass is 35.5. The number of hydrogen-bond acceptors (Lipinski definition) is 2. The van der Waals surface area contributed by atoms with Gasteiger partial charge in [0.05, 0.1) is 11.1 Å². The highest BCUT2D eigenvalue weighted by Crippen LogP contribution is 2.22. The first-order chi connectivity index (χ1) is 7.68. The molecule has 0 saturated carbocycles. The minimum absolute atomic E-state index is 0.0992. The summed E-state index contributed by atoms with van der Waals surface area (Å²) in [7, 11) is 0. The lowest BCUT2D eigenvalue weighted by Gasteiger charge is -2.12. The SMILES string of the molecule is NC(c1cccnc1)c1ccc(Cl)c(F)c1. The molecule has 0 amide bonds. The fraction of sp³-hybridized carbons (Fsp3) is 0.0833. The molecule has 4 heteroatoms. The number of halogens is 2. The van der Waals surface area contributed by atoms with E-state index < -0.39 is 5.82 Å². The van der Waals surface area contributed by atoms with Crippen LogP contribution in [0.1, 0.15) is 17.2 Å². The Bertz CT molecular complexity index is 488. The molecule has 0 radical (unpaired) electrons. The van der Waals surface area contributed by atoms with Gasteiger partial charge < -0.3 is 5.73 Å². The Morgan fingerprint density at radius 3 is 2.69 bits per heavy atom. The van der Waals surface area contributed by atoms with Gasteiger partial charge in [-0.05, 0) is 29.3 Å². The standard InChI is InChI=1S/C12H10ClFN2/c13-10-4-3-8(6-11(10)14)12(15)9-2-1-5-16-7-9/h1-7,12H,15H2. The minimum Gasteiger partial charge on any atom is -0.320 e. The lowest BCUT2D eigenvalue weighted by Crippen LogP contribution is -2.12. The van der Waals surface area contributed by atoms with Gasteiger partial charge in [0.15, 0.2) is 0 Å². The molecule has 16 heavy (non-hydrogen) atoms. The summed E-state index contributed by atoms with van der Waals surface area (Å²) in [6.07, 6.45) is 3.33. The van der Waals surface area contributed by atoms with Crippen molar-refractivity contribution < 1.29 is 4.39 Å². The molecule has 1 atom stereocenters. The highest BCUT2D eigenvalue weighted by Gasteiger charge is 2.10. The Morgan fingerprint density at radius 1 is 1.25 bits per heavy atom. The van der Waals surface area contributed by atoms with E-state index in [2.05, 4.69) is 4.98 Å². The van der Waals surface area contributed by atoms with E-state index in [4.69, 9.17) is 17.3 Å². The number of rotatable bonds is 2. The van der Waals surface area contributed by atoms with E-state index in [1.54, 1.807) is 24.5 Å². The Labute approximate surface area is 97.9 Å². The summed E-state index contributed by atoms with van der Waals surface area (Å²) in [5.41, 5.74) is 7.50. The maximum Gasteiger partial charge on any atom is 0.142 e. The molecule has 1 unspecified atom stereocenters. The monoisotopic (exact) mass is 236 g/mol. The van der Waals surface area contributed by atoms with Crippen LogP contribution in [0.3, 0.4) is 0 Å². The van der Waals surface area contributed by atoms with E-state index in [0.717, 1.165) is 5.56 Å². The molecule has 0 aliphatic carbocycles. The van der Waals surface area contributed by atoms with Crippen LogP contribution in [0, 0.1) is 5.82 Å². The third kappa shape index (κ3) is 2.21. The van der Waals surface area contributed by atoms with Crippen molar-refractivity contribution in [3.8, 4) is 0 Å². The first kappa shape index (κ1) is 11.0. The molecule has 0 saturated heterocycles. The first-order valence-corrected chi connectivity index (χ1v) is 5.17. The largest absolute Gasteiger partial charge is 0.320 e. The molecule has 0 spiro atoms. The number of aromatic nitrogens is 1. The maximum atomic E-state index is 13.3. The summed E-state index contributed by atoms with van der Waals surface area (Å²) in [6, 6.07) is 7.82. The topological polar surface area (TPSA) is 38.9 Å². The average Bonchev–Trinajstić information content (AvgIpc) is 2.33. The van der Waals surface area contributed by atoms with Gasteiger partial charge in [0.2, 0.25) is 0 Å². The van der Waals surface area contributed by atoms with Crippen LogP contribution >= 0.6 is 11.6 Å². The minimum atomic E-state index is -0.460. The summed E-state index contributed by atoms with van der Waals surface area (Å²) in [5, 5.41) is 0.0992. The molecule has 0 aliphatic heterocycles. The average molecular weight is 237 g/mol. The molecule has 82 valence electrons. The Hall–Kier alpha value is -1.45. The molecular formula is C12H10ClFN2. The molecule has 2 rings (SSSR count). The zero-order valence-electron chi connectivity index (χ0n) is 8.40. The molecule has 0 fully saturated rings. The van der Waals surface area contributed by atoms with Gasteiger partial charge in [0.1, 0.15) is 5.82 Å². The van der Waals surface area contributed by atoms with Gasteiger partial charge in [-0.2, -0.15) is 0 Å². The lowest BCUT2D eigenvalue weighted by molar-refractivity contribution is 0.624. The van der Waals surface area contributed by atoms with E-state index in [1.807, 2.05) is 6.07 Å². The molecular weight excluding hydrogens is 227 g/mol. The second-order valence-electron chi connectivity index (χ2n) is 3.44. The van der Waals surface area contributed by atoms with Crippen LogP contribution in [0.15, 0.2) is 42.7 Å².